The molecule has 2 heterocycles. The Kier molecular flexibility index (Phi) is 3.95. The second-order valence-corrected chi connectivity index (χ2v) is 5.27. The third kappa shape index (κ3) is 2.26. The molecule has 18 heavy (non-hydrogen) atoms. The minimum Gasteiger partial charge on any atom is -0.481 e. The van der Waals surface area contributed by atoms with Crippen LogP contribution < -0.4 is 0 Å². The van der Waals surface area contributed by atoms with E-state index in [1.807, 2.05) is 6.20 Å². The first-order chi connectivity index (χ1) is 8.25. The van der Waals surface area contributed by atoms with E-state index in [0.717, 1.165) is 18.7 Å². The van der Waals surface area contributed by atoms with Crippen LogP contribution in [0, 0.1) is 5.92 Å². The molecule has 5 heteroatoms. The number of hydrogen-bond donors (Lipinski definition) is 1. The van der Waals surface area contributed by atoms with E-state index in [0.29, 0.717) is 12.5 Å². The zero-order valence-electron chi connectivity index (χ0n) is 10.3. The van der Waals surface area contributed by atoms with Crippen LogP contribution in [0.25, 0.3) is 0 Å². The number of hydrogen-bond acceptors (Lipinski definition) is 2. The van der Waals surface area contributed by atoms with E-state index >= 15 is 0 Å². The summed E-state index contributed by atoms with van der Waals surface area (Å²) in [5.41, 5.74) is 1.23. The average Bonchev–Trinajstić information content (AvgIpc) is 2.96. The van der Waals surface area contributed by atoms with Gasteiger partial charge in [0.2, 0.25) is 0 Å². The number of aryl methyl sites for hydroxylation is 1. The van der Waals surface area contributed by atoms with Crippen LogP contribution in [-0.4, -0.2) is 20.6 Å². The van der Waals surface area contributed by atoms with Gasteiger partial charge < -0.3 is 9.67 Å². The molecule has 1 N–H and O–H groups in total. The Morgan fingerprint density at radius 3 is 2.72 bits per heavy atom. The van der Waals surface area contributed by atoms with Gasteiger partial charge in [-0.05, 0) is 25.7 Å². The molecule has 1 aliphatic carbocycles. The fraction of sp³-hybridized carbons (Fsp3) is 0.692. The van der Waals surface area contributed by atoms with Gasteiger partial charge >= 0.3 is 5.97 Å². The summed E-state index contributed by atoms with van der Waals surface area (Å²) in [5, 5.41) is 9.12. The lowest BCUT2D eigenvalue weighted by molar-refractivity contribution is -0.142. The van der Waals surface area contributed by atoms with Gasteiger partial charge in [0.1, 0.15) is 5.82 Å². The minimum absolute atomic E-state index is 0. The number of rotatable bonds is 2. The van der Waals surface area contributed by atoms with Crippen molar-refractivity contribution in [1.29, 1.82) is 0 Å². The number of nitrogens with zero attached hydrogens (tertiary/aromatic N) is 2. The smallest absolute Gasteiger partial charge is 0.308 e. The summed E-state index contributed by atoms with van der Waals surface area (Å²) in [6, 6.07) is 0. The van der Waals surface area contributed by atoms with E-state index in [1.165, 1.54) is 31.4 Å². The fourth-order valence-electron chi connectivity index (χ4n) is 3.18. The lowest BCUT2D eigenvalue weighted by Gasteiger charge is -2.24. The molecule has 0 amide bonds. The second-order valence-electron chi connectivity index (χ2n) is 5.27. The zero-order valence-corrected chi connectivity index (χ0v) is 11.2. The number of aliphatic carboxylic acids is 1. The monoisotopic (exact) mass is 270 g/mol. The summed E-state index contributed by atoms with van der Waals surface area (Å²) in [5.74, 6) is 0.818. The molecular formula is C13H19ClN2O2. The Morgan fingerprint density at radius 1 is 1.33 bits per heavy atom. The maximum Gasteiger partial charge on any atom is 0.308 e. The van der Waals surface area contributed by atoms with E-state index < -0.39 is 5.97 Å². The van der Waals surface area contributed by atoms with Crippen LogP contribution in [0.5, 0.6) is 0 Å². The summed E-state index contributed by atoms with van der Waals surface area (Å²) in [6.45, 7) is 0.622. The number of fused-ring (bicyclic) bond motifs is 1. The van der Waals surface area contributed by atoms with Crippen LogP contribution in [0.1, 0.15) is 49.5 Å². The largest absolute Gasteiger partial charge is 0.481 e. The molecule has 1 aromatic heterocycles. The summed E-state index contributed by atoms with van der Waals surface area (Å²) >= 11 is 0. The number of carboxylic acids is 1. The van der Waals surface area contributed by atoms with Gasteiger partial charge in [0.25, 0.3) is 0 Å². The van der Waals surface area contributed by atoms with Gasteiger partial charge in [-0.1, -0.05) is 12.8 Å². The summed E-state index contributed by atoms with van der Waals surface area (Å²) in [4.78, 5) is 15.6. The van der Waals surface area contributed by atoms with Gasteiger partial charge in [0, 0.05) is 24.4 Å². The van der Waals surface area contributed by atoms with Crippen molar-refractivity contribution in [3.63, 3.8) is 0 Å². The van der Waals surface area contributed by atoms with Crippen molar-refractivity contribution in [3.05, 3.63) is 17.7 Å². The van der Waals surface area contributed by atoms with Gasteiger partial charge in [0.15, 0.2) is 0 Å². The van der Waals surface area contributed by atoms with E-state index in [9.17, 15) is 4.79 Å². The number of halogens is 1. The Balaban J connectivity index is 0.00000120. The number of carboxylic acid groups (broad SMARTS) is 1. The van der Waals surface area contributed by atoms with Crippen molar-refractivity contribution in [1.82, 2.24) is 9.55 Å². The highest BCUT2D eigenvalue weighted by molar-refractivity contribution is 5.85. The van der Waals surface area contributed by atoms with E-state index in [1.54, 1.807) is 0 Å². The van der Waals surface area contributed by atoms with Crippen LogP contribution in [0.3, 0.4) is 0 Å². The first kappa shape index (κ1) is 13.4. The van der Waals surface area contributed by atoms with E-state index in [-0.39, 0.29) is 18.3 Å². The number of aromatic nitrogens is 2. The van der Waals surface area contributed by atoms with Crippen molar-refractivity contribution in [2.24, 2.45) is 5.92 Å². The first-order valence-electron chi connectivity index (χ1n) is 6.53. The van der Waals surface area contributed by atoms with Crippen molar-refractivity contribution < 1.29 is 9.90 Å². The molecule has 0 bridgehead atoms. The predicted molar refractivity (Wildman–Crippen MR) is 70.1 cm³/mol. The molecule has 1 unspecified atom stereocenters. The number of imidazole rings is 1. The Labute approximate surface area is 113 Å². The van der Waals surface area contributed by atoms with Crippen molar-refractivity contribution in [2.45, 2.75) is 51.0 Å². The Bertz CT molecular complexity index is 438. The highest BCUT2D eigenvalue weighted by Gasteiger charge is 2.29. The molecule has 4 nitrogen and oxygen atoms in total. The highest BCUT2D eigenvalue weighted by atomic mass is 35.5. The SMILES string of the molecule is Cl.O=C(O)C1CCc2cnc(C3CCCC3)n2C1. The molecule has 1 saturated carbocycles. The maximum absolute atomic E-state index is 11.1. The molecule has 0 aromatic carbocycles. The molecule has 2 aliphatic rings. The molecule has 1 atom stereocenters. The maximum atomic E-state index is 11.1. The van der Waals surface area contributed by atoms with Gasteiger partial charge in [-0.2, -0.15) is 0 Å². The normalized spacial score (nSPS) is 23.4. The fourth-order valence-corrected chi connectivity index (χ4v) is 3.18. The van der Waals surface area contributed by atoms with Crippen LogP contribution in [0.4, 0.5) is 0 Å². The van der Waals surface area contributed by atoms with Gasteiger partial charge in [-0.25, -0.2) is 4.98 Å². The third-order valence-corrected chi connectivity index (χ3v) is 4.19. The standard InChI is InChI=1S/C13H18N2O2.ClH/c16-13(17)10-5-6-11-7-14-12(15(11)8-10)9-3-1-2-4-9;/h7,9-10H,1-6,8H2,(H,16,17);1H. The minimum atomic E-state index is -0.665. The summed E-state index contributed by atoms with van der Waals surface area (Å²) in [6.07, 6.45) is 8.57. The van der Waals surface area contributed by atoms with E-state index in [2.05, 4.69) is 9.55 Å². The highest BCUT2D eigenvalue weighted by Crippen LogP contribution is 2.35. The molecule has 3 rings (SSSR count). The lowest BCUT2D eigenvalue weighted by Crippen LogP contribution is -2.27. The molecule has 0 spiro atoms. The second kappa shape index (κ2) is 5.31. The molecular weight excluding hydrogens is 252 g/mol. The van der Waals surface area contributed by atoms with Crippen molar-refractivity contribution in [2.75, 3.05) is 0 Å². The lowest BCUT2D eigenvalue weighted by atomic mass is 9.97. The zero-order chi connectivity index (χ0) is 11.8. The molecule has 1 aromatic rings. The predicted octanol–water partition coefficient (Wildman–Crippen LogP) is 2.61. The topological polar surface area (TPSA) is 55.1 Å². The average molecular weight is 271 g/mol. The Hall–Kier alpha value is -1.03. The summed E-state index contributed by atoms with van der Waals surface area (Å²) in [7, 11) is 0. The van der Waals surface area contributed by atoms with E-state index in [4.69, 9.17) is 5.11 Å². The Morgan fingerprint density at radius 2 is 2.06 bits per heavy atom. The summed E-state index contributed by atoms with van der Waals surface area (Å²) < 4.78 is 2.18. The third-order valence-electron chi connectivity index (χ3n) is 4.19. The first-order valence-corrected chi connectivity index (χ1v) is 6.53. The van der Waals surface area contributed by atoms with Crippen LogP contribution in [-0.2, 0) is 17.8 Å². The van der Waals surface area contributed by atoms with Crippen LogP contribution in [0.2, 0.25) is 0 Å². The molecule has 0 saturated heterocycles. The number of carbonyl (C=O) groups is 1. The molecule has 0 radical (unpaired) electrons. The molecule has 100 valence electrons. The van der Waals surface area contributed by atoms with Crippen LogP contribution in [0.15, 0.2) is 6.20 Å². The molecule has 1 aliphatic heterocycles. The van der Waals surface area contributed by atoms with Crippen LogP contribution >= 0.6 is 12.4 Å². The van der Waals surface area contributed by atoms with Crippen molar-refractivity contribution in [3.8, 4) is 0 Å². The quantitative estimate of drug-likeness (QED) is 0.899. The van der Waals surface area contributed by atoms with Crippen molar-refractivity contribution >= 4 is 18.4 Å². The van der Waals surface area contributed by atoms with Gasteiger partial charge in [-0.3, -0.25) is 4.79 Å². The molecule has 1 fully saturated rings. The van der Waals surface area contributed by atoms with Gasteiger partial charge in [-0.15, -0.1) is 12.4 Å². The van der Waals surface area contributed by atoms with Gasteiger partial charge in [0.05, 0.1) is 5.92 Å².